The molecule has 1 saturated heterocycles. The van der Waals surface area contributed by atoms with Crippen molar-refractivity contribution in [3.8, 4) is 0 Å². The van der Waals surface area contributed by atoms with Gasteiger partial charge in [-0.15, -0.1) is 0 Å². The largest absolute Gasteiger partial charge is 0.443 e. The SMILES string of the molecule is CC(C)(C)OC(=O)N(N)C1CCN(CC(F)(F)c2ccc(Cl)cn2)CC1. The molecule has 0 aromatic carbocycles. The highest BCUT2D eigenvalue weighted by molar-refractivity contribution is 6.30. The molecule has 1 aromatic rings. The summed E-state index contributed by atoms with van der Waals surface area (Å²) >= 11 is 5.69. The number of piperidine rings is 1. The minimum atomic E-state index is -3.08. The molecule has 1 aromatic heterocycles. The molecule has 26 heavy (non-hydrogen) atoms. The van der Waals surface area contributed by atoms with Crippen molar-refractivity contribution in [3.63, 3.8) is 0 Å². The van der Waals surface area contributed by atoms with E-state index in [2.05, 4.69) is 4.98 Å². The van der Waals surface area contributed by atoms with Gasteiger partial charge in [-0.05, 0) is 45.7 Å². The normalized spacial score (nSPS) is 17.2. The number of halogens is 3. The van der Waals surface area contributed by atoms with E-state index in [0.717, 1.165) is 5.01 Å². The monoisotopic (exact) mass is 390 g/mol. The predicted molar refractivity (Wildman–Crippen MR) is 94.9 cm³/mol. The van der Waals surface area contributed by atoms with Crippen LogP contribution in [0.2, 0.25) is 5.02 Å². The number of alkyl halides is 2. The molecule has 1 aliphatic rings. The summed E-state index contributed by atoms with van der Waals surface area (Å²) < 4.78 is 34.0. The summed E-state index contributed by atoms with van der Waals surface area (Å²) in [6.07, 6.45) is 1.61. The smallest absolute Gasteiger partial charge is 0.424 e. The summed E-state index contributed by atoms with van der Waals surface area (Å²) in [7, 11) is 0. The van der Waals surface area contributed by atoms with E-state index in [9.17, 15) is 13.6 Å². The van der Waals surface area contributed by atoms with Gasteiger partial charge in [-0.25, -0.2) is 15.6 Å². The number of likely N-dealkylation sites (tertiary alicyclic amines) is 1. The summed E-state index contributed by atoms with van der Waals surface area (Å²) in [4.78, 5) is 17.4. The quantitative estimate of drug-likeness (QED) is 0.484. The van der Waals surface area contributed by atoms with Gasteiger partial charge >= 0.3 is 12.0 Å². The van der Waals surface area contributed by atoms with Gasteiger partial charge in [-0.1, -0.05) is 11.6 Å². The molecule has 6 nitrogen and oxygen atoms in total. The van der Waals surface area contributed by atoms with Crippen LogP contribution in [0.1, 0.15) is 39.3 Å². The van der Waals surface area contributed by atoms with Crippen LogP contribution in [0.4, 0.5) is 13.6 Å². The number of hydrogen-bond donors (Lipinski definition) is 1. The first-order chi connectivity index (χ1) is 12.0. The Hall–Kier alpha value is -1.51. The number of hydrazine groups is 1. The molecule has 1 fully saturated rings. The fourth-order valence-electron chi connectivity index (χ4n) is 2.77. The van der Waals surface area contributed by atoms with E-state index in [1.807, 2.05) is 0 Å². The van der Waals surface area contributed by atoms with Crippen LogP contribution < -0.4 is 5.84 Å². The average molecular weight is 391 g/mol. The van der Waals surface area contributed by atoms with Gasteiger partial charge in [0.1, 0.15) is 11.3 Å². The number of pyridine rings is 1. The molecule has 2 rings (SSSR count). The average Bonchev–Trinajstić information content (AvgIpc) is 2.53. The van der Waals surface area contributed by atoms with E-state index in [1.165, 1.54) is 18.3 Å². The topological polar surface area (TPSA) is 71.7 Å². The van der Waals surface area contributed by atoms with Crippen molar-refractivity contribution < 1.29 is 18.3 Å². The van der Waals surface area contributed by atoms with Crippen molar-refractivity contribution >= 4 is 17.7 Å². The van der Waals surface area contributed by atoms with E-state index >= 15 is 0 Å². The molecular formula is C17H25ClF2N4O2. The second kappa shape index (κ2) is 8.02. The molecule has 9 heteroatoms. The number of nitrogens with zero attached hydrogens (tertiary/aromatic N) is 3. The van der Waals surface area contributed by atoms with Crippen LogP contribution in [0.3, 0.4) is 0 Å². The number of carbonyl (C=O) groups is 1. The zero-order valence-electron chi connectivity index (χ0n) is 15.2. The van der Waals surface area contributed by atoms with E-state index in [-0.39, 0.29) is 11.7 Å². The molecular weight excluding hydrogens is 366 g/mol. The van der Waals surface area contributed by atoms with Gasteiger partial charge in [0.15, 0.2) is 0 Å². The second-order valence-electron chi connectivity index (χ2n) is 7.46. The fourth-order valence-corrected chi connectivity index (χ4v) is 2.89. The maximum atomic E-state index is 14.4. The van der Waals surface area contributed by atoms with Gasteiger partial charge in [-0.3, -0.25) is 9.88 Å². The first kappa shape index (κ1) is 20.8. The summed E-state index contributed by atoms with van der Waals surface area (Å²) in [5, 5.41) is 1.39. The maximum Gasteiger partial charge on any atom is 0.424 e. The summed E-state index contributed by atoms with van der Waals surface area (Å²) in [6.45, 7) is 5.65. The van der Waals surface area contributed by atoms with Crippen LogP contribution in [0.25, 0.3) is 0 Å². The molecule has 0 aliphatic carbocycles. The maximum absolute atomic E-state index is 14.4. The Morgan fingerprint density at radius 3 is 2.50 bits per heavy atom. The van der Waals surface area contributed by atoms with Crippen LogP contribution in [0, 0.1) is 0 Å². The summed E-state index contributed by atoms with van der Waals surface area (Å²) in [6, 6.07) is 2.40. The lowest BCUT2D eigenvalue weighted by atomic mass is 10.0. The van der Waals surface area contributed by atoms with Crippen molar-refractivity contribution in [2.75, 3.05) is 19.6 Å². The Morgan fingerprint density at radius 2 is 2.00 bits per heavy atom. The van der Waals surface area contributed by atoms with Crippen molar-refractivity contribution in [1.29, 1.82) is 0 Å². The lowest BCUT2D eigenvalue weighted by Gasteiger charge is -2.37. The molecule has 2 heterocycles. The highest BCUT2D eigenvalue weighted by Gasteiger charge is 2.37. The first-order valence-corrected chi connectivity index (χ1v) is 8.85. The lowest BCUT2D eigenvalue weighted by molar-refractivity contribution is -0.0516. The number of amides is 1. The van der Waals surface area contributed by atoms with Gasteiger partial charge in [0.2, 0.25) is 0 Å². The number of aromatic nitrogens is 1. The van der Waals surface area contributed by atoms with Crippen LogP contribution in [0.15, 0.2) is 18.3 Å². The number of carbonyl (C=O) groups excluding carboxylic acids is 1. The van der Waals surface area contributed by atoms with Crippen molar-refractivity contribution in [2.45, 2.75) is 51.2 Å². The van der Waals surface area contributed by atoms with Crippen LogP contribution >= 0.6 is 11.6 Å². The first-order valence-electron chi connectivity index (χ1n) is 8.47. The Labute approximate surface area is 157 Å². The molecule has 0 radical (unpaired) electrons. The second-order valence-corrected chi connectivity index (χ2v) is 7.90. The Balaban J connectivity index is 1.88. The molecule has 0 spiro atoms. The molecule has 0 bridgehead atoms. The van der Waals surface area contributed by atoms with E-state index < -0.39 is 24.2 Å². The van der Waals surface area contributed by atoms with Gasteiger partial charge in [-0.2, -0.15) is 8.78 Å². The molecule has 0 unspecified atom stereocenters. The standard InChI is InChI=1S/C17H25ClF2N4O2/c1-16(2,3)26-15(25)24(21)13-6-8-23(9-7-13)11-17(19,20)14-5-4-12(18)10-22-14/h4-5,10,13H,6-9,11,21H2,1-3H3. The van der Waals surface area contributed by atoms with Crippen LogP contribution in [-0.4, -0.2) is 52.3 Å². The lowest BCUT2D eigenvalue weighted by Crippen LogP contribution is -2.53. The fraction of sp³-hybridized carbons (Fsp3) is 0.647. The highest BCUT2D eigenvalue weighted by Crippen LogP contribution is 2.29. The zero-order chi connectivity index (χ0) is 19.5. The van der Waals surface area contributed by atoms with Crippen molar-refractivity contribution in [1.82, 2.24) is 14.9 Å². The molecule has 0 atom stereocenters. The van der Waals surface area contributed by atoms with Crippen LogP contribution in [-0.2, 0) is 10.7 Å². The number of rotatable bonds is 4. The predicted octanol–water partition coefficient (Wildman–Crippen LogP) is 3.40. The van der Waals surface area contributed by atoms with Crippen molar-refractivity contribution in [2.24, 2.45) is 5.84 Å². The zero-order valence-corrected chi connectivity index (χ0v) is 16.0. The third kappa shape index (κ3) is 5.75. The van der Waals surface area contributed by atoms with Crippen LogP contribution in [0.5, 0.6) is 0 Å². The third-order valence-corrected chi connectivity index (χ3v) is 4.30. The van der Waals surface area contributed by atoms with Gasteiger partial charge in [0.25, 0.3) is 0 Å². The molecule has 146 valence electrons. The number of hydrogen-bond acceptors (Lipinski definition) is 5. The molecule has 1 aliphatic heterocycles. The number of ether oxygens (including phenoxy) is 1. The van der Waals surface area contributed by atoms with E-state index in [0.29, 0.717) is 31.0 Å². The third-order valence-electron chi connectivity index (χ3n) is 4.08. The summed E-state index contributed by atoms with van der Waals surface area (Å²) in [5.74, 6) is 2.77. The van der Waals surface area contributed by atoms with Gasteiger partial charge in [0, 0.05) is 19.3 Å². The van der Waals surface area contributed by atoms with E-state index in [4.69, 9.17) is 22.2 Å². The molecule has 2 N–H and O–H groups in total. The minimum Gasteiger partial charge on any atom is -0.443 e. The Kier molecular flexibility index (Phi) is 6.42. The van der Waals surface area contributed by atoms with Gasteiger partial charge < -0.3 is 4.74 Å². The van der Waals surface area contributed by atoms with Crippen molar-refractivity contribution in [3.05, 3.63) is 29.0 Å². The Bertz CT molecular complexity index is 614. The molecule has 0 saturated carbocycles. The van der Waals surface area contributed by atoms with E-state index in [1.54, 1.807) is 25.7 Å². The Morgan fingerprint density at radius 1 is 1.38 bits per heavy atom. The number of nitrogens with two attached hydrogens (primary N) is 1. The minimum absolute atomic E-state index is 0.233. The van der Waals surface area contributed by atoms with Gasteiger partial charge in [0.05, 0.1) is 17.6 Å². The molecule has 1 amide bonds. The highest BCUT2D eigenvalue weighted by atomic mass is 35.5. The summed E-state index contributed by atoms with van der Waals surface area (Å²) in [5.41, 5.74) is -0.943.